The SMILES string of the molecule is c1ccc2nncnc2c1. The molecule has 0 radical (unpaired) electrons. The van der Waals surface area contributed by atoms with E-state index in [9.17, 15) is 0 Å². The number of benzene rings is 1. The van der Waals surface area contributed by atoms with E-state index in [4.69, 9.17) is 0 Å². The first-order valence-electron chi connectivity index (χ1n) is 2.99. The zero-order chi connectivity index (χ0) is 6.81. The summed E-state index contributed by atoms with van der Waals surface area (Å²) in [5.74, 6) is 0. The average molecular weight is 131 g/mol. The van der Waals surface area contributed by atoms with Crippen LogP contribution in [0.5, 0.6) is 0 Å². The molecule has 3 heteroatoms. The summed E-state index contributed by atoms with van der Waals surface area (Å²) in [6.45, 7) is 0. The van der Waals surface area contributed by atoms with Gasteiger partial charge in [0, 0.05) is 0 Å². The summed E-state index contributed by atoms with van der Waals surface area (Å²) >= 11 is 0. The molecule has 0 amide bonds. The number of nitrogens with zero attached hydrogens (tertiary/aromatic N) is 3. The molecule has 0 spiro atoms. The van der Waals surface area contributed by atoms with E-state index >= 15 is 0 Å². The van der Waals surface area contributed by atoms with Crippen LogP contribution in [0.3, 0.4) is 0 Å². The predicted octanol–water partition coefficient (Wildman–Crippen LogP) is 1.02. The van der Waals surface area contributed by atoms with Crippen molar-refractivity contribution >= 4 is 11.0 Å². The van der Waals surface area contributed by atoms with Gasteiger partial charge >= 0.3 is 0 Å². The third-order valence-electron chi connectivity index (χ3n) is 1.30. The lowest BCUT2D eigenvalue weighted by molar-refractivity contribution is 1.02. The fourth-order valence-electron chi connectivity index (χ4n) is 0.834. The predicted molar refractivity (Wildman–Crippen MR) is 37.3 cm³/mol. The lowest BCUT2D eigenvalue weighted by Crippen LogP contribution is -1.84. The van der Waals surface area contributed by atoms with Crippen molar-refractivity contribution in [2.75, 3.05) is 0 Å². The van der Waals surface area contributed by atoms with Crippen molar-refractivity contribution in [3.8, 4) is 0 Å². The van der Waals surface area contributed by atoms with Gasteiger partial charge < -0.3 is 0 Å². The van der Waals surface area contributed by atoms with Crippen molar-refractivity contribution in [2.45, 2.75) is 0 Å². The molecule has 0 fully saturated rings. The monoisotopic (exact) mass is 131 g/mol. The second-order valence-electron chi connectivity index (χ2n) is 1.95. The van der Waals surface area contributed by atoms with Gasteiger partial charge in [-0.25, -0.2) is 4.98 Å². The minimum absolute atomic E-state index is 0.838. The Morgan fingerprint density at radius 3 is 2.60 bits per heavy atom. The molecule has 0 atom stereocenters. The van der Waals surface area contributed by atoms with Crippen LogP contribution in [0.2, 0.25) is 0 Å². The van der Waals surface area contributed by atoms with Crippen LogP contribution in [0.4, 0.5) is 0 Å². The molecule has 10 heavy (non-hydrogen) atoms. The van der Waals surface area contributed by atoms with Gasteiger partial charge in [-0.2, -0.15) is 0 Å². The molecular weight excluding hydrogens is 126 g/mol. The van der Waals surface area contributed by atoms with Crippen molar-refractivity contribution in [1.29, 1.82) is 0 Å². The maximum atomic E-state index is 4.01. The van der Waals surface area contributed by atoms with Crippen LogP contribution in [0, 0.1) is 0 Å². The number of para-hydroxylation sites is 1. The quantitative estimate of drug-likeness (QED) is 0.536. The van der Waals surface area contributed by atoms with Gasteiger partial charge in [0.25, 0.3) is 0 Å². The molecule has 1 heterocycles. The second kappa shape index (κ2) is 2.02. The van der Waals surface area contributed by atoms with Crippen LogP contribution >= 0.6 is 0 Å². The van der Waals surface area contributed by atoms with Crippen LogP contribution in [0.25, 0.3) is 11.0 Å². The molecule has 0 bridgehead atoms. The van der Waals surface area contributed by atoms with Crippen molar-refractivity contribution in [3.05, 3.63) is 30.6 Å². The first-order chi connectivity index (χ1) is 4.97. The van der Waals surface area contributed by atoms with Crippen molar-refractivity contribution < 1.29 is 0 Å². The lowest BCUT2D eigenvalue weighted by Gasteiger charge is -1.89. The highest BCUT2D eigenvalue weighted by molar-refractivity contribution is 5.72. The number of fused-ring (bicyclic) bond motifs is 1. The largest absolute Gasteiger partial charge is 0.233 e. The van der Waals surface area contributed by atoms with Crippen LogP contribution in [-0.2, 0) is 0 Å². The minimum atomic E-state index is 0.838. The van der Waals surface area contributed by atoms with E-state index in [0.717, 1.165) is 11.0 Å². The van der Waals surface area contributed by atoms with Gasteiger partial charge in [-0.15, -0.1) is 10.2 Å². The highest BCUT2D eigenvalue weighted by atomic mass is 15.1. The van der Waals surface area contributed by atoms with E-state index in [0.29, 0.717) is 0 Å². The lowest BCUT2D eigenvalue weighted by atomic mass is 10.3. The van der Waals surface area contributed by atoms with E-state index in [1.165, 1.54) is 6.33 Å². The Balaban J connectivity index is 2.89. The van der Waals surface area contributed by atoms with E-state index in [1.807, 2.05) is 24.3 Å². The fraction of sp³-hybridized carbons (Fsp3) is 0. The molecule has 3 nitrogen and oxygen atoms in total. The smallest absolute Gasteiger partial charge is 0.138 e. The molecule has 0 N–H and O–H groups in total. The minimum Gasteiger partial charge on any atom is -0.233 e. The van der Waals surface area contributed by atoms with Crippen molar-refractivity contribution in [3.63, 3.8) is 0 Å². The second-order valence-corrected chi connectivity index (χ2v) is 1.95. The van der Waals surface area contributed by atoms with E-state index in [2.05, 4.69) is 15.2 Å². The maximum Gasteiger partial charge on any atom is 0.138 e. The topological polar surface area (TPSA) is 38.7 Å². The first kappa shape index (κ1) is 5.29. The summed E-state index contributed by atoms with van der Waals surface area (Å²) in [6, 6.07) is 7.63. The van der Waals surface area contributed by atoms with Gasteiger partial charge in [0.1, 0.15) is 11.8 Å². The first-order valence-corrected chi connectivity index (χ1v) is 2.99. The van der Waals surface area contributed by atoms with Crippen LogP contribution in [-0.4, -0.2) is 15.2 Å². The highest BCUT2D eigenvalue weighted by Crippen LogP contribution is 2.03. The molecule has 2 aromatic rings. The average Bonchev–Trinajstić information content (AvgIpc) is 2.05. The Kier molecular flexibility index (Phi) is 1.07. The number of hydrogen-bond acceptors (Lipinski definition) is 3. The molecule has 0 saturated heterocycles. The molecule has 0 saturated carbocycles. The van der Waals surface area contributed by atoms with Crippen LogP contribution < -0.4 is 0 Å². The maximum absolute atomic E-state index is 4.01. The molecule has 0 aliphatic rings. The Labute approximate surface area is 57.7 Å². The normalized spacial score (nSPS) is 10.0. The zero-order valence-electron chi connectivity index (χ0n) is 5.23. The summed E-state index contributed by atoms with van der Waals surface area (Å²) in [6.07, 6.45) is 1.45. The summed E-state index contributed by atoms with van der Waals surface area (Å²) in [5, 5.41) is 7.52. The third kappa shape index (κ3) is 0.719. The summed E-state index contributed by atoms with van der Waals surface area (Å²) < 4.78 is 0. The summed E-state index contributed by atoms with van der Waals surface area (Å²) in [5.41, 5.74) is 1.72. The Hall–Kier alpha value is -1.51. The summed E-state index contributed by atoms with van der Waals surface area (Å²) in [7, 11) is 0. The number of aromatic nitrogens is 3. The molecule has 1 aromatic heterocycles. The van der Waals surface area contributed by atoms with Gasteiger partial charge in [0.2, 0.25) is 0 Å². The van der Waals surface area contributed by atoms with E-state index < -0.39 is 0 Å². The summed E-state index contributed by atoms with van der Waals surface area (Å²) in [4.78, 5) is 4.01. The van der Waals surface area contributed by atoms with Gasteiger partial charge in [0.15, 0.2) is 0 Å². The molecular formula is C7H5N3. The van der Waals surface area contributed by atoms with Crippen molar-refractivity contribution in [2.24, 2.45) is 0 Å². The fourth-order valence-corrected chi connectivity index (χ4v) is 0.834. The van der Waals surface area contributed by atoms with Crippen molar-refractivity contribution in [1.82, 2.24) is 15.2 Å². The Bertz CT molecular complexity index is 280. The van der Waals surface area contributed by atoms with Crippen LogP contribution in [0.1, 0.15) is 0 Å². The molecule has 48 valence electrons. The van der Waals surface area contributed by atoms with Gasteiger partial charge in [-0.05, 0) is 12.1 Å². The number of hydrogen-bond donors (Lipinski definition) is 0. The Morgan fingerprint density at radius 2 is 1.80 bits per heavy atom. The molecule has 0 aliphatic heterocycles. The molecule has 0 unspecified atom stereocenters. The molecule has 2 rings (SSSR count). The highest BCUT2D eigenvalue weighted by Gasteiger charge is 1.89. The zero-order valence-corrected chi connectivity index (χ0v) is 5.23. The Morgan fingerprint density at radius 1 is 1.00 bits per heavy atom. The third-order valence-corrected chi connectivity index (χ3v) is 1.30. The van der Waals surface area contributed by atoms with E-state index in [-0.39, 0.29) is 0 Å². The van der Waals surface area contributed by atoms with Gasteiger partial charge in [-0.3, -0.25) is 0 Å². The molecule has 1 aromatic carbocycles. The van der Waals surface area contributed by atoms with Gasteiger partial charge in [-0.1, -0.05) is 12.1 Å². The number of rotatable bonds is 0. The van der Waals surface area contributed by atoms with Gasteiger partial charge in [0.05, 0.1) is 5.52 Å². The van der Waals surface area contributed by atoms with E-state index in [1.54, 1.807) is 0 Å². The van der Waals surface area contributed by atoms with Crippen LogP contribution in [0.15, 0.2) is 30.6 Å². The standard InChI is InChI=1S/C7H5N3/c1-2-4-7-6(3-1)8-5-9-10-7/h1-5H. The molecule has 0 aliphatic carbocycles.